The number of nitrogens with zero attached hydrogens (tertiary/aromatic N) is 2. The third-order valence-corrected chi connectivity index (χ3v) is 2.66. The summed E-state index contributed by atoms with van der Waals surface area (Å²) in [5.74, 6) is 1.14. The first-order valence-electron chi connectivity index (χ1n) is 5.48. The van der Waals surface area contributed by atoms with E-state index in [-0.39, 0.29) is 17.0 Å². The molecule has 10 heteroatoms. The van der Waals surface area contributed by atoms with Crippen LogP contribution in [0.15, 0.2) is 35.1 Å². The first-order chi connectivity index (χ1) is 10.1. The average molecular weight is 442 g/mol. The van der Waals surface area contributed by atoms with Gasteiger partial charge in [0.25, 0.3) is 0 Å². The van der Waals surface area contributed by atoms with Gasteiger partial charge in [-0.05, 0) is 28.1 Å². The smallest absolute Gasteiger partial charge is 0.214 e. The molecule has 0 aliphatic heterocycles. The number of hydrogen-bond donors (Lipinski definition) is 4. The van der Waals surface area contributed by atoms with Crippen LogP contribution in [0.25, 0.3) is 0 Å². The minimum atomic E-state index is 0. The Morgan fingerprint density at radius 3 is 1.95 bits per heavy atom. The van der Waals surface area contributed by atoms with Crippen LogP contribution in [0.1, 0.15) is 0 Å². The van der Waals surface area contributed by atoms with Gasteiger partial charge in [0.05, 0.1) is 31.8 Å². The van der Waals surface area contributed by atoms with Crippen molar-refractivity contribution in [2.45, 2.75) is 0 Å². The summed E-state index contributed by atoms with van der Waals surface area (Å²) in [5.41, 5.74) is 12.1. The van der Waals surface area contributed by atoms with Crippen molar-refractivity contribution in [2.75, 3.05) is 25.7 Å². The molecule has 0 bridgehead atoms. The molecule has 22 heavy (non-hydrogen) atoms. The van der Waals surface area contributed by atoms with Gasteiger partial charge in [0.2, 0.25) is 11.8 Å². The van der Waals surface area contributed by atoms with Crippen LogP contribution in [0, 0.1) is 0 Å². The standard InChI is InChI=1S/C6H7BrN2O.C6H8N2O.BrH.H2O2/c1-10-5-3-2-4(8)6(7)9-5;1-9-6-3-2-5(7)4-8-6;;1-2/h2-3H,8H2,1H3;2-4H,7H2,1H3;1H;1-2H. The zero-order valence-electron chi connectivity index (χ0n) is 11.9. The molecule has 0 radical (unpaired) electrons. The first-order valence-corrected chi connectivity index (χ1v) is 6.27. The summed E-state index contributed by atoms with van der Waals surface area (Å²) in [6.07, 6.45) is 1.55. The summed E-state index contributed by atoms with van der Waals surface area (Å²) in [7, 11) is 3.13. The van der Waals surface area contributed by atoms with Gasteiger partial charge in [-0.15, -0.1) is 17.0 Å². The Morgan fingerprint density at radius 1 is 1.00 bits per heavy atom. The molecule has 2 rings (SSSR count). The Kier molecular flexibility index (Phi) is 13.5. The zero-order chi connectivity index (χ0) is 16.3. The first kappa shape index (κ1) is 22.7. The minimum Gasteiger partial charge on any atom is -0.481 e. The summed E-state index contributed by atoms with van der Waals surface area (Å²) < 4.78 is 10.3. The molecule has 0 saturated heterocycles. The van der Waals surface area contributed by atoms with Crippen LogP contribution in [-0.4, -0.2) is 34.7 Å². The van der Waals surface area contributed by atoms with E-state index in [0.717, 1.165) is 0 Å². The summed E-state index contributed by atoms with van der Waals surface area (Å²) >= 11 is 3.17. The van der Waals surface area contributed by atoms with Crippen LogP contribution in [0.3, 0.4) is 0 Å². The van der Waals surface area contributed by atoms with E-state index in [4.69, 9.17) is 31.5 Å². The lowest BCUT2D eigenvalue weighted by atomic mass is 10.4. The maximum absolute atomic E-state index is 6.00. The van der Waals surface area contributed by atoms with E-state index in [1.165, 1.54) is 0 Å². The van der Waals surface area contributed by atoms with Crippen LogP contribution in [-0.2, 0) is 0 Å². The number of nitrogens with two attached hydrogens (primary N) is 2. The molecule has 0 spiro atoms. The average Bonchev–Trinajstić information content (AvgIpc) is 2.53. The number of nitrogen functional groups attached to an aromatic ring is 2. The van der Waals surface area contributed by atoms with Gasteiger partial charge in [0.1, 0.15) is 4.60 Å². The monoisotopic (exact) mass is 440 g/mol. The predicted molar refractivity (Wildman–Crippen MR) is 93.7 cm³/mol. The SMILES string of the molecule is Br.COc1ccc(N)c(Br)n1.COc1ccc(N)cn1.OO. The van der Waals surface area contributed by atoms with Crippen molar-refractivity contribution < 1.29 is 20.0 Å². The molecule has 2 aromatic rings. The van der Waals surface area contributed by atoms with Crippen molar-refractivity contribution in [2.24, 2.45) is 0 Å². The molecule has 0 amide bonds. The van der Waals surface area contributed by atoms with Gasteiger partial charge in [-0.2, -0.15) is 0 Å². The van der Waals surface area contributed by atoms with E-state index in [0.29, 0.717) is 27.7 Å². The molecule has 6 N–H and O–H groups in total. The topological polar surface area (TPSA) is 137 Å². The Hall–Kier alpha value is -1.62. The molecule has 2 aromatic heterocycles. The maximum Gasteiger partial charge on any atom is 0.214 e. The Bertz CT molecular complexity index is 529. The molecule has 0 atom stereocenters. The molecule has 0 aromatic carbocycles. The molecular weight excluding hydrogens is 424 g/mol. The van der Waals surface area contributed by atoms with E-state index in [2.05, 4.69) is 25.9 Å². The molecular formula is C12H18Br2N4O4. The number of hydrogen-bond acceptors (Lipinski definition) is 8. The number of rotatable bonds is 2. The van der Waals surface area contributed by atoms with E-state index < -0.39 is 0 Å². The highest BCUT2D eigenvalue weighted by Gasteiger charge is 1.97. The third-order valence-electron chi connectivity index (χ3n) is 2.03. The van der Waals surface area contributed by atoms with Crippen molar-refractivity contribution in [3.63, 3.8) is 0 Å². The van der Waals surface area contributed by atoms with Crippen molar-refractivity contribution >= 4 is 44.3 Å². The van der Waals surface area contributed by atoms with Crippen LogP contribution < -0.4 is 20.9 Å². The highest BCUT2D eigenvalue weighted by atomic mass is 79.9. The fraction of sp³-hybridized carbons (Fsp3) is 0.167. The lowest BCUT2D eigenvalue weighted by molar-refractivity contribution is -0.176. The van der Waals surface area contributed by atoms with Gasteiger partial charge in [0, 0.05) is 12.1 Å². The van der Waals surface area contributed by atoms with Gasteiger partial charge >= 0.3 is 0 Å². The molecule has 0 unspecified atom stereocenters. The number of anilines is 2. The molecule has 0 aliphatic rings. The molecule has 8 nitrogen and oxygen atoms in total. The fourth-order valence-electron chi connectivity index (χ4n) is 1.05. The number of aromatic nitrogens is 2. The molecule has 0 fully saturated rings. The Morgan fingerprint density at radius 2 is 1.55 bits per heavy atom. The maximum atomic E-state index is 6.00. The molecule has 2 heterocycles. The molecule has 0 aliphatic carbocycles. The van der Waals surface area contributed by atoms with E-state index in [9.17, 15) is 0 Å². The van der Waals surface area contributed by atoms with Crippen molar-refractivity contribution in [1.82, 2.24) is 9.97 Å². The van der Waals surface area contributed by atoms with Gasteiger partial charge < -0.3 is 20.9 Å². The molecule has 0 saturated carbocycles. The second-order valence-corrected chi connectivity index (χ2v) is 4.12. The van der Waals surface area contributed by atoms with Gasteiger partial charge in [-0.3, -0.25) is 10.5 Å². The summed E-state index contributed by atoms with van der Waals surface area (Å²) in [4.78, 5) is 7.81. The van der Waals surface area contributed by atoms with Crippen LogP contribution in [0.4, 0.5) is 11.4 Å². The van der Waals surface area contributed by atoms with Crippen molar-refractivity contribution in [1.29, 1.82) is 0 Å². The third kappa shape index (κ3) is 8.62. The summed E-state index contributed by atoms with van der Waals surface area (Å²) in [6.45, 7) is 0. The summed E-state index contributed by atoms with van der Waals surface area (Å²) in [6, 6.07) is 6.90. The summed E-state index contributed by atoms with van der Waals surface area (Å²) in [5, 5.41) is 12.0. The Labute approximate surface area is 146 Å². The van der Waals surface area contributed by atoms with Crippen molar-refractivity contribution in [3.8, 4) is 11.8 Å². The van der Waals surface area contributed by atoms with E-state index in [1.54, 1.807) is 44.7 Å². The molecule has 124 valence electrons. The number of ether oxygens (including phenoxy) is 2. The largest absolute Gasteiger partial charge is 0.481 e. The normalized spacial score (nSPS) is 8.23. The highest BCUT2D eigenvalue weighted by Crippen LogP contribution is 2.19. The Balaban J connectivity index is 0. The van der Waals surface area contributed by atoms with Crippen molar-refractivity contribution in [3.05, 3.63) is 35.1 Å². The number of pyridine rings is 2. The van der Waals surface area contributed by atoms with E-state index >= 15 is 0 Å². The lowest BCUT2D eigenvalue weighted by Gasteiger charge is -1.99. The minimum absolute atomic E-state index is 0. The second kappa shape index (κ2) is 13.1. The highest BCUT2D eigenvalue weighted by molar-refractivity contribution is 9.10. The van der Waals surface area contributed by atoms with Gasteiger partial charge in [-0.25, -0.2) is 9.97 Å². The van der Waals surface area contributed by atoms with Crippen LogP contribution in [0.2, 0.25) is 0 Å². The lowest BCUT2D eigenvalue weighted by Crippen LogP contribution is -1.92. The fourth-order valence-corrected chi connectivity index (χ4v) is 1.36. The number of halogens is 2. The zero-order valence-corrected chi connectivity index (χ0v) is 15.2. The predicted octanol–water partition coefficient (Wildman–Crippen LogP) is 2.70. The van der Waals surface area contributed by atoms with Gasteiger partial charge in [0.15, 0.2) is 0 Å². The van der Waals surface area contributed by atoms with Gasteiger partial charge in [-0.1, -0.05) is 0 Å². The van der Waals surface area contributed by atoms with E-state index in [1.807, 2.05) is 0 Å². The quantitative estimate of drug-likeness (QED) is 0.317. The number of methoxy groups -OCH3 is 2. The second-order valence-electron chi connectivity index (χ2n) is 3.37. The van der Waals surface area contributed by atoms with Crippen LogP contribution >= 0.6 is 32.9 Å². The van der Waals surface area contributed by atoms with Crippen LogP contribution in [0.5, 0.6) is 11.8 Å².